The molecule has 1 atom stereocenters. The van der Waals surface area contributed by atoms with Crippen molar-refractivity contribution in [3.05, 3.63) is 58.6 Å². The minimum Gasteiger partial charge on any atom is -0.492 e. The van der Waals surface area contributed by atoms with E-state index in [0.29, 0.717) is 12.4 Å². The molecule has 30 heavy (non-hydrogen) atoms. The maximum absolute atomic E-state index is 13.1. The molecule has 0 saturated carbocycles. The molecule has 0 aliphatic heterocycles. The third-order valence-corrected chi connectivity index (χ3v) is 7.43. The molecule has 0 spiro atoms. The van der Waals surface area contributed by atoms with Gasteiger partial charge < -0.3 is 10.1 Å². The van der Waals surface area contributed by atoms with E-state index in [4.69, 9.17) is 16.3 Å². The second-order valence-corrected chi connectivity index (χ2v) is 9.51. The van der Waals surface area contributed by atoms with Crippen molar-refractivity contribution in [2.45, 2.75) is 44.0 Å². The van der Waals surface area contributed by atoms with Gasteiger partial charge >= 0.3 is 0 Å². The number of fused-ring (bicyclic) bond motifs is 1. The fourth-order valence-corrected chi connectivity index (χ4v) is 5.47. The zero-order chi connectivity index (χ0) is 21.7. The molecule has 0 bridgehead atoms. The Kier molecular flexibility index (Phi) is 7.39. The van der Waals surface area contributed by atoms with Gasteiger partial charge in [0.2, 0.25) is 15.9 Å². The van der Waals surface area contributed by atoms with Gasteiger partial charge in [0.05, 0.1) is 29.1 Å². The summed E-state index contributed by atoms with van der Waals surface area (Å²) in [5.74, 6) is 0.106. The number of rotatable bonds is 8. The number of halogens is 1. The number of ether oxygens (including phenoxy) is 1. The molecule has 162 valence electrons. The Morgan fingerprint density at radius 1 is 1.23 bits per heavy atom. The molecule has 0 aromatic heterocycles. The van der Waals surface area contributed by atoms with Gasteiger partial charge in [-0.3, -0.25) is 4.79 Å². The van der Waals surface area contributed by atoms with Crippen molar-refractivity contribution >= 4 is 27.5 Å². The van der Waals surface area contributed by atoms with Crippen LogP contribution in [0.5, 0.6) is 5.75 Å². The molecule has 3 rings (SSSR count). The Labute approximate surface area is 183 Å². The van der Waals surface area contributed by atoms with Gasteiger partial charge in [-0.1, -0.05) is 42.8 Å². The fourth-order valence-electron chi connectivity index (χ4n) is 3.73. The Balaban J connectivity index is 1.73. The maximum atomic E-state index is 13.1. The van der Waals surface area contributed by atoms with E-state index in [1.54, 1.807) is 6.92 Å². The van der Waals surface area contributed by atoms with Crippen LogP contribution in [0.2, 0.25) is 5.02 Å². The lowest BCUT2D eigenvalue weighted by Crippen LogP contribution is -2.42. The van der Waals surface area contributed by atoms with Crippen LogP contribution in [0.25, 0.3) is 0 Å². The van der Waals surface area contributed by atoms with Crippen LogP contribution in [0.15, 0.2) is 47.4 Å². The molecule has 6 nitrogen and oxygen atoms in total. The largest absolute Gasteiger partial charge is 0.492 e. The second-order valence-electron chi connectivity index (χ2n) is 7.17. The molecule has 8 heteroatoms. The Morgan fingerprint density at radius 3 is 2.70 bits per heavy atom. The highest BCUT2D eigenvalue weighted by Gasteiger charge is 2.28. The highest BCUT2D eigenvalue weighted by Crippen LogP contribution is 2.30. The molecule has 0 saturated heterocycles. The van der Waals surface area contributed by atoms with Crippen LogP contribution in [0.3, 0.4) is 0 Å². The minimum absolute atomic E-state index is 0.0358. The Hall–Kier alpha value is -2.09. The normalized spacial score (nSPS) is 16.2. The summed E-state index contributed by atoms with van der Waals surface area (Å²) >= 11 is 6.16. The number of nitrogens with zero attached hydrogens (tertiary/aromatic N) is 1. The molecule has 0 fully saturated rings. The van der Waals surface area contributed by atoms with Crippen molar-refractivity contribution < 1.29 is 17.9 Å². The van der Waals surface area contributed by atoms with E-state index in [1.165, 1.54) is 23.8 Å². The predicted molar refractivity (Wildman–Crippen MR) is 117 cm³/mol. The van der Waals surface area contributed by atoms with Crippen LogP contribution >= 0.6 is 11.6 Å². The van der Waals surface area contributed by atoms with E-state index in [-0.39, 0.29) is 35.0 Å². The number of carbonyl (C=O) groups excluding carboxylic acids is 1. The van der Waals surface area contributed by atoms with Crippen LogP contribution in [0, 0.1) is 0 Å². The van der Waals surface area contributed by atoms with E-state index in [2.05, 4.69) is 11.4 Å². The number of hydrogen-bond acceptors (Lipinski definition) is 4. The number of hydrogen-bond donors (Lipinski definition) is 1. The maximum Gasteiger partial charge on any atom is 0.243 e. The van der Waals surface area contributed by atoms with Gasteiger partial charge in [0.1, 0.15) is 5.75 Å². The summed E-state index contributed by atoms with van der Waals surface area (Å²) in [5.41, 5.74) is 2.35. The van der Waals surface area contributed by atoms with E-state index >= 15 is 0 Å². The first-order chi connectivity index (χ1) is 14.4. The zero-order valence-electron chi connectivity index (χ0n) is 17.2. The van der Waals surface area contributed by atoms with Crippen LogP contribution in [0.4, 0.5) is 0 Å². The van der Waals surface area contributed by atoms with Crippen LogP contribution in [0.1, 0.15) is 43.9 Å². The number of amides is 1. The zero-order valence-corrected chi connectivity index (χ0v) is 18.8. The van der Waals surface area contributed by atoms with Crippen molar-refractivity contribution in [3.8, 4) is 5.75 Å². The first-order valence-corrected chi connectivity index (χ1v) is 12.0. The third kappa shape index (κ3) is 4.96. The van der Waals surface area contributed by atoms with Crippen LogP contribution < -0.4 is 10.1 Å². The van der Waals surface area contributed by atoms with Gasteiger partial charge in [-0.2, -0.15) is 4.31 Å². The van der Waals surface area contributed by atoms with Crippen LogP contribution in [-0.2, 0) is 21.2 Å². The summed E-state index contributed by atoms with van der Waals surface area (Å²) < 4.78 is 32.6. The second kappa shape index (κ2) is 9.81. The molecule has 1 aliphatic carbocycles. The van der Waals surface area contributed by atoms with E-state index < -0.39 is 10.0 Å². The van der Waals surface area contributed by atoms with Crippen molar-refractivity contribution in [3.63, 3.8) is 0 Å². The molecule has 1 aliphatic rings. The number of sulfonamides is 1. The number of benzene rings is 2. The molecule has 0 unspecified atom stereocenters. The molecular weight excluding hydrogens is 424 g/mol. The number of likely N-dealkylation sites (N-methyl/N-ethyl adjacent to an activating group) is 1. The Bertz CT molecular complexity index is 1010. The topological polar surface area (TPSA) is 75.7 Å². The minimum atomic E-state index is -3.87. The van der Waals surface area contributed by atoms with Gasteiger partial charge in [-0.25, -0.2) is 8.42 Å². The van der Waals surface area contributed by atoms with Crippen molar-refractivity contribution in [1.29, 1.82) is 0 Å². The highest BCUT2D eigenvalue weighted by atomic mass is 35.5. The van der Waals surface area contributed by atoms with E-state index in [1.807, 2.05) is 25.1 Å². The number of nitrogens with one attached hydrogen (secondary N) is 1. The highest BCUT2D eigenvalue weighted by molar-refractivity contribution is 7.89. The summed E-state index contributed by atoms with van der Waals surface area (Å²) in [6.07, 6.45) is 2.83. The first kappa shape index (κ1) is 22.6. The molecule has 0 heterocycles. The summed E-state index contributed by atoms with van der Waals surface area (Å²) in [5, 5.41) is 3.23. The molecule has 2 aromatic rings. The summed E-state index contributed by atoms with van der Waals surface area (Å²) in [4.78, 5) is 12.7. The molecule has 1 amide bonds. The first-order valence-electron chi connectivity index (χ1n) is 10.2. The number of carbonyl (C=O) groups is 1. The SMILES string of the molecule is CCOc1ccc(S(=O)(=O)N(CC)CC(=O)N[C@@H]2CCCc3ccccc32)cc1Cl. The van der Waals surface area contributed by atoms with Crippen molar-refractivity contribution in [1.82, 2.24) is 9.62 Å². The van der Waals surface area contributed by atoms with Gasteiger partial charge in [-0.15, -0.1) is 0 Å². The predicted octanol–water partition coefficient (Wildman–Crippen LogP) is 3.94. The lowest BCUT2D eigenvalue weighted by molar-refractivity contribution is -0.122. The lowest BCUT2D eigenvalue weighted by Gasteiger charge is -2.27. The van der Waals surface area contributed by atoms with E-state index in [9.17, 15) is 13.2 Å². The van der Waals surface area contributed by atoms with Crippen molar-refractivity contribution in [2.24, 2.45) is 0 Å². The molecule has 0 radical (unpaired) electrons. The fraction of sp³-hybridized carbons (Fsp3) is 0.409. The van der Waals surface area contributed by atoms with E-state index in [0.717, 1.165) is 29.1 Å². The molecule has 2 aromatic carbocycles. The standard InChI is InChI=1S/C22H27ClN2O4S/c1-3-25(30(27,28)17-12-13-21(29-4-2)19(23)14-17)15-22(26)24-20-11-7-9-16-8-5-6-10-18(16)20/h5-6,8,10,12-14,20H,3-4,7,9,11,15H2,1-2H3,(H,24,26)/t20-/m1/s1. The van der Waals surface area contributed by atoms with Gasteiger partial charge in [-0.05, 0) is 55.5 Å². The van der Waals surface area contributed by atoms with Gasteiger partial charge in [0, 0.05) is 6.54 Å². The summed E-state index contributed by atoms with van der Waals surface area (Å²) in [6, 6.07) is 12.3. The quantitative estimate of drug-likeness (QED) is 0.660. The Morgan fingerprint density at radius 2 is 2.00 bits per heavy atom. The molecule has 1 N–H and O–H groups in total. The molecular formula is C22H27ClN2O4S. The summed E-state index contributed by atoms with van der Waals surface area (Å²) in [7, 11) is -3.87. The third-order valence-electron chi connectivity index (χ3n) is 5.22. The monoisotopic (exact) mass is 450 g/mol. The lowest BCUT2D eigenvalue weighted by atomic mass is 9.88. The van der Waals surface area contributed by atoms with Crippen molar-refractivity contribution in [2.75, 3.05) is 19.7 Å². The number of aryl methyl sites for hydroxylation is 1. The van der Waals surface area contributed by atoms with Gasteiger partial charge in [0.15, 0.2) is 0 Å². The van der Waals surface area contributed by atoms with Gasteiger partial charge in [0.25, 0.3) is 0 Å². The van der Waals surface area contributed by atoms with Crippen LogP contribution in [-0.4, -0.2) is 38.3 Å². The average molecular weight is 451 g/mol. The average Bonchev–Trinajstić information content (AvgIpc) is 2.73. The smallest absolute Gasteiger partial charge is 0.243 e. The summed E-state index contributed by atoms with van der Waals surface area (Å²) in [6.45, 7) is 3.88.